The normalized spacial score (nSPS) is 11.3. The maximum absolute atomic E-state index is 11.9. The fraction of sp³-hybridized carbons (Fsp3) is 0.0645. The van der Waals surface area contributed by atoms with Gasteiger partial charge in [0.15, 0.2) is 0 Å². The first-order chi connectivity index (χ1) is 17.7. The fourth-order valence-corrected chi connectivity index (χ4v) is 5.10. The molecular formula is C31H26N2O2S. The van der Waals surface area contributed by atoms with Gasteiger partial charge in [0.1, 0.15) is 5.69 Å². The Kier molecular flexibility index (Phi) is 7.31. The third kappa shape index (κ3) is 5.77. The Morgan fingerprint density at radius 2 is 1.39 bits per heavy atom. The molecule has 3 N–H and O–H groups in total. The molecular weight excluding hydrogens is 464 g/mol. The highest BCUT2D eigenvalue weighted by Crippen LogP contribution is 2.37. The molecule has 5 aromatic rings. The Morgan fingerprint density at radius 3 is 2.08 bits per heavy atom. The summed E-state index contributed by atoms with van der Waals surface area (Å²) in [5, 5.41) is 14.1. The average molecular weight is 491 g/mol. The van der Waals surface area contributed by atoms with Crippen LogP contribution in [0, 0.1) is 0 Å². The number of hydrogen-bond acceptors (Lipinski definition) is 3. The van der Waals surface area contributed by atoms with Crippen LogP contribution in [0.4, 0.5) is 0 Å². The predicted molar refractivity (Wildman–Crippen MR) is 148 cm³/mol. The van der Waals surface area contributed by atoms with Crippen molar-refractivity contribution in [1.29, 1.82) is 0 Å². The fourth-order valence-electron chi connectivity index (χ4n) is 4.05. The van der Waals surface area contributed by atoms with Gasteiger partial charge in [-0.25, -0.2) is 4.79 Å². The lowest BCUT2D eigenvalue weighted by molar-refractivity contribution is 0.0687. The zero-order chi connectivity index (χ0) is 24.7. The van der Waals surface area contributed by atoms with Crippen LogP contribution >= 0.6 is 11.8 Å². The minimum absolute atomic E-state index is 0.227. The van der Waals surface area contributed by atoms with Crippen LogP contribution in [0.2, 0.25) is 0 Å². The van der Waals surface area contributed by atoms with Crippen molar-refractivity contribution < 1.29 is 9.90 Å². The number of aromatic amines is 1. The zero-order valence-corrected chi connectivity index (χ0v) is 20.5. The molecule has 0 spiro atoms. The van der Waals surface area contributed by atoms with Gasteiger partial charge in [0.25, 0.3) is 0 Å². The van der Waals surface area contributed by atoms with E-state index in [2.05, 4.69) is 64.9 Å². The molecule has 178 valence electrons. The van der Waals surface area contributed by atoms with Crippen molar-refractivity contribution in [2.24, 2.45) is 0 Å². The van der Waals surface area contributed by atoms with Crippen LogP contribution in [-0.4, -0.2) is 16.1 Å². The molecule has 0 bridgehead atoms. The Balaban J connectivity index is 1.23. The monoisotopic (exact) mass is 490 g/mol. The van der Waals surface area contributed by atoms with Crippen molar-refractivity contribution in [3.8, 4) is 0 Å². The molecule has 0 fully saturated rings. The van der Waals surface area contributed by atoms with E-state index in [0.29, 0.717) is 6.54 Å². The van der Waals surface area contributed by atoms with Crippen molar-refractivity contribution in [2.45, 2.75) is 22.9 Å². The van der Waals surface area contributed by atoms with E-state index in [1.807, 2.05) is 60.7 Å². The number of aromatic carboxylic acids is 1. The Labute approximate surface area is 214 Å². The van der Waals surface area contributed by atoms with Gasteiger partial charge in [-0.3, -0.25) is 0 Å². The smallest absolute Gasteiger partial charge is 0.353 e. The Bertz CT molecular complexity index is 1490. The van der Waals surface area contributed by atoms with Gasteiger partial charge >= 0.3 is 5.97 Å². The predicted octanol–water partition coefficient (Wildman–Crippen LogP) is 7.48. The van der Waals surface area contributed by atoms with Gasteiger partial charge in [-0.2, -0.15) is 0 Å². The van der Waals surface area contributed by atoms with E-state index in [9.17, 15) is 9.90 Å². The number of carboxylic acid groups (broad SMARTS) is 1. The maximum atomic E-state index is 11.9. The van der Waals surface area contributed by atoms with Gasteiger partial charge in [0, 0.05) is 28.9 Å². The number of aromatic nitrogens is 1. The van der Waals surface area contributed by atoms with Crippen LogP contribution in [-0.2, 0) is 13.1 Å². The SMILES string of the molecule is O=C(O)c1[nH]c2cc(CNCc3ccc(C=Cc4ccccc4)cc3)ccc2c1Sc1ccccc1. The average Bonchev–Trinajstić information content (AvgIpc) is 3.27. The van der Waals surface area contributed by atoms with Crippen molar-refractivity contribution in [3.63, 3.8) is 0 Å². The number of rotatable bonds is 9. The van der Waals surface area contributed by atoms with Gasteiger partial charge < -0.3 is 15.4 Å². The summed E-state index contributed by atoms with van der Waals surface area (Å²) in [7, 11) is 0. The van der Waals surface area contributed by atoms with Crippen molar-refractivity contribution in [1.82, 2.24) is 10.3 Å². The molecule has 0 aliphatic rings. The molecule has 36 heavy (non-hydrogen) atoms. The van der Waals surface area contributed by atoms with E-state index in [-0.39, 0.29) is 5.69 Å². The minimum Gasteiger partial charge on any atom is -0.477 e. The second kappa shape index (κ2) is 11.1. The zero-order valence-electron chi connectivity index (χ0n) is 19.6. The topological polar surface area (TPSA) is 65.1 Å². The van der Waals surface area contributed by atoms with E-state index in [0.717, 1.165) is 32.8 Å². The maximum Gasteiger partial charge on any atom is 0.353 e. The highest BCUT2D eigenvalue weighted by molar-refractivity contribution is 7.99. The van der Waals surface area contributed by atoms with Crippen LogP contribution in [0.5, 0.6) is 0 Å². The first-order valence-corrected chi connectivity index (χ1v) is 12.6. The first kappa shape index (κ1) is 23.7. The molecule has 4 nitrogen and oxygen atoms in total. The number of benzene rings is 4. The summed E-state index contributed by atoms with van der Waals surface area (Å²) in [4.78, 5) is 16.7. The molecule has 0 aliphatic carbocycles. The summed E-state index contributed by atoms with van der Waals surface area (Å²) < 4.78 is 0. The van der Waals surface area contributed by atoms with Crippen molar-refractivity contribution >= 4 is 40.8 Å². The molecule has 0 amide bonds. The van der Waals surface area contributed by atoms with E-state index in [1.54, 1.807) is 0 Å². The molecule has 1 heterocycles. The second-order valence-corrected chi connectivity index (χ2v) is 9.60. The second-order valence-electron chi connectivity index (χ2n) is 8.52. The molecule has 0 unspecified atom stereocenters. The van der Waals surface area contributed by atoms with E-state index < -0.39 is 5.97 Å². The number of carbonyl (C=O) groups is 1. The molecule has 0 saturated carbocycles. The lowest BCUT2D eigenvalue weighted by Gasteiger charge is -2.07. The summed E-state index contributed by atoms with van der Waals surface area (Å²) in [6.45, 7) is 1.44. The van der Waals surface area contributed by atoms with Crippen LogP contribution < -0.4 is 5.32 Å². The van der Waals surface area contributed by atoms with Gasteiger partial charge in [-0.05, 0) is 40.5 Å². The Hall–Kier alpha value is -4.06. The highest BCUT2D eigenvalue weighted by Gasteiger charge is 2.18. The molecule has 5 heteroatoms. The number of nitrogens with one attached hydrogen (secondary N) is 2. The number of fused-ring (bicyclic) bond motifs is 1. The van der Waals surface area contributed by atoms with E-state index in [1.165, 1.54) is 28.5 Å². The quantitative estimate of drug-likeness (QED) is 0.187. The summed E-state index contributed by atoms with van der Waals surface area (Å²) in [6.07, 6.45) is 4.23. The lowest BCUT2D eigenvalue weighted by Crippen LogP contribution is -2.12. The molecule has 1 aromatic heterocycles. The molecule has 5 rings (SSSR count). The van der Waals surface area contributed by atoms with Crippen molar-refractivity contribution in [2.75, 3.05) is 0 Å². The van der Waals surface area contributed by atoms with E-state index >= 15 is 0 Å². The standard InChI is InChI=1S/C31H26N2O2S/c34-31(35)29-30(36-26-9-5-2-6-10-26)27-18-17-25(19-28(27)33-29)21-32-20-24-15-13-23(14-16-24)12-11-22-7-3-1-4-8-22/h1-19,32-33H,20-21H2,(H,34,35). The van der Waals surface area contributed by atoms with Crippen LogP contribution in [0.1, 0.15) is 32.7 Å². The van der Waals surface area contributed by atoms with E-state index in [4.69, 9.17) is 0 Å². The molecule has 0 aliphatic heterocycles. The summed E-state index contributed by atoms with van der Waals surface area (Å²) in [5.41, 5.74) is 5.72. The molecule has 0 atom stereocenters. The van der Waals surface area contributed by atoms with Gasteiger partial charge in [0.05, 0.1) is 4.90 Å². The lowest BCUT2D eigenvalue weighted by atomic mass is 10.1. The Morgan fingerprint density at radius 1 is 0.778 bits per heavy atom. The number of H-pyrrole nitrogens is 1. The summed E-state index contributed by atoms with van der Waals surface area (Å²) >= 11 is 1.47. The number of hydrogen-bond donors (Lipinski definition) is 3. The van der Waals surface area contributed by atoms with Crippen LogP contribution in [0.15, 0.2) is 113 Å². The largest absolute Gasteiger partial charge is 0.477 e. The summed E-state index contributed by atoms with van der Waals surface area (Å²) in [5.74, 6) is -0.952. The summed E-state index contributed by atoms with van der Waals surface area (Å²) in [6, 6.07) is 34.7. The number of carboxylic acids is 1. The third-order valence-corrected chi connectivity index (χ3v) is 7.03. The third-order valence-electron chi connectivity index (χ3n) is 5.90. The van der Waals surface area contributed by atoms with Crippen LogP contribution in [0.3, 0.4) is 0 Å². The van der Waals surface area contributed by atoms with Crippen LogP contribution in [0.25, 0.3) is 23.1 Å². The molecule has 0 radical (unpaired) electrons. The molecule has 4 aromatic carbocycles. The molecule has 0 saturated heterocycles. The highest BCUT2D eigenvalue weighted by atomic mass is 32.2. The van der Waals surface area contributed by atoms with Gasteiger partial charge in [0.2, 0.25) is 0 Å². The first-order valence-electron chi connectivity index (χ1n) is 11.8. The van der Waals surface area contributed by atoms with Crippen molar-refractivity contribution in [3.05, 3.63) is 131 Å². The van der Waals surface area contributed by atoms with Gasteiger partial charge in [-0.1, -0.05) is 109 Å². The minimum atomic E-state index is -0.952. The van der Waals surface area contributed by atoms with Gasteiger partial charge in [-0.15, -0.1) is 0 Å².